The molecule has 0 saturated carbocycles. The monoisotopic (exact) mass is 457 g/mol. The molecule has 0 unspecified atom stereocenters. The van der Waals surface area contributed by atoms with Crippen molar-refractivity contribution in [3.8, 4) is 0 Å². The van der Waals surface area contributed by atoms with Gasteiger partial charge in [-0.2, -0.15) is 0 Å². The molecule has 0 saturated heterocycles. The number of pyridine rings is 1. The van der Waals surface area contributed by atoms with Gasteiger partial charge in [0.2, 0.25) is 0 Å². The van der Waals surface area contributed by atoms with E-state index in [9.17, 15) is 13.6 Å². The first-order valence-electron chi connectivity index (χ1n) is 6.84. The minimum absolute atomic E-state index is 0.176. The summed E-state index contributed by atoms with van der Waals surface area (Å²) in [6.45, 7) is 3.77. The van der Waals surface area contributed by atoms with Crippen LogP contribution in [0.5, 0.6) is 0 Å². The number of ether oxygens (including phenoxy) is 1. The summed E-state index contributed by atoms with van der Waals surface area (Å²) < 4.78 is 33.8. The van der Waals surface area contributed by atoms with Gasteiger partial charge >= 0.3 is 6.09 Å². The number of hydrogen-bond acceptors (Lipinski definition) is 4. The standard InChI is InChI=1S/C14H19Br2F2N3O2/c1-13(2,3)23-12(22)21-8-14(17,18)7-19-6-11-10(16)4-9(15)5-20-11/h4-5,19H,6-8H2,1-3H3,(H,21,22). The summed E-state index contributed by atoms with van der Waals surface area (Å²) in [5.74, 6) is -3.10. The van der Waals surface area contributed by atoms with Crippen LogP contribution in [-0.4, -0.2) is 35.7 Å². The van der Waals surface area contributed by atoms with Gasteiger partial charge in [0.15, 0.2) is 0 Å². The Morgan fingerprint density at radius 3 is 2.52 bits per heavy atom. The number of nitrogens with zero attached hydrogens (tertiary/aromatic N) is 1. The van der Waals surface area contributed by atoms with Gasteiger partial charge in [-0.05, 0) is 58.7 Å². The number of nitrogens with one attached hydrogen (secondary N) is 2. The summed E-state index contributed by atoms with van der Waals surface area (Å²) in [5.41, 5.74) is -0.110. The number of alkyl halides is 2. The lowest BCUT2D eigenvalue weighted by molar-refractivity contribution is -0.00382. The predicted molar refractivity (Wildman–Crippen MR) is 90.5 cm³/mol. The highest BCUT2D eigenvalue weighted by Crippen LogP contribution is 2.19. The zero-order valence-corrected chi connectivity index (χ0v) is 16.2. The van der Waals surface area contributed by atoms with Gasteiger partial charge in [0, 0.05) is 21.7 Å². The molecule has 0 aliphatic heterocycles. The molecule has 0 aliphatic rings. The fraction of sp³-hybridized carbons (Fsp3) is 0.571. The number of hydrogen-bond donors (Lipinski definition) is 2. The van der Waals surface area contributed by atoms with Gasteiger partial charge in [0.05, 0.1) is 18.8 Å². The lowest BCUT2D eigenvalue weighted by atomic mass is 10.2. The first-order valence-corrected chi connectivity index (χ1v) is 8.42. The molecule has 0 bridgehead atoms. The average molecular weight is 459 g/mol. The highest BCUT2D eigenvalue weighted by molar-refractivity contribution is 9.11. The third kappa shape index (κ3) is 8.57. The summed E-state index contributed by atoms with van der Waals surface area (Å²) in [4.78, 5) is 15.5. The van der Waals surface area contributed by atoms with Crippen molar-refractivity contribution in [3.63, 3.8) is 0 Å². The Balaban J connectivity index is 2.39. The molecule has 0 aromatic carbocycles. The van der Waals surface area contributed by atoms with Crippen molar-refractivity contribution < 1.29 is 18.3 Å². The second-order valence-electron chi connectivity index (χ2n) is 5.90. The van der Waals surface area contributed by atoms with E-state index in [1.165, 1.54) is 0 Å². The molecule has 1 amide bonds. The van der Waals surface area contributed by atoms with Crippen LogP contribution in [0.4, 0.5) is 13.6 Å². The van der Waals surface area contributed by atoms with Gasteiger partial charge in [-0.1, -0.05) is 0 Å². The maximum Gasteiger partial charge on any atom is 0.407 e. The molecule has 0 spiro atoms. The highest BCUT2D eigenvalue weighted by atomic mass is 79.9. The third-order valence-electron chi connectivity index (χ3n) is 2.45. The van der Waals surface area contributed by atoms with Gasteiger partial charge in [-0.15, -0.1) is 0 Å². The van der Waals surface area contributed by atoms with E-state index in [1.807, 2.05) is 0 Å². The minimum atomic E-state index is -3.10. The zero-order chi connectivity index (χ0) is 17.7. The van der Waals surface area contributed by atoms with E-state index >= 15 is 0 Å². The maximum atomic E-state index is 13.7. The molecule has 9 heteroatoms. The molecule has 1 rings (SSSR count). The van der Waals surface area contributed by atoms with E-state index in [4.69, 9.17) is 4.74 Å². The topological polar surface area (TPSA) is 63.2 Å². The SMILES string of the molecule is CC(C)(C)OC(=O)NCC(F)(F)CNCc1ncc(Br)cc1Br. The van der Waals surface area contributed by atoms with Crippen molar-refractivity contribution in [3.05, 3.63) is 26.9 Å². The number of carbonyl (C=O) groups is 1. The van der Waals surface area contributed by atoms with E-state index < -0.39 is 30.7 Å². The molecule has 0 radical (unpaired) electrons. The van der Waals surface area contributed by atoms with Crippen LogP contribution in [0.1, 0.15) is 26.5 Å². The van der Waals surface area contributed by atoms with Gasteiger partial charge in [-0.3, -0.25) is 4.98 Å². The Bertz CT molecular complexity index is 551. The molecule has 2 N–H and O–H groups in total. The fourth-order valence-corrected chi connectivity index (χ4v) is 2.64. The van der Waals surface area contributed by atoms with Crippen LogP contribution in [0.3, 0.4) is 0 Å². The van der Waals surface area contributed by atoms with E-state index in [-0.39, 0.29) is 6.54 Å². The third-order valence-corrected chi connectivity index (χ3v) is 3.57. The Hall–Kier alpha value is -0.800. The van der Waals surface area contributed by atoms with Crippen molar-refractivity contribution in [2.75, 3.05) is 13.1 Å². The molecule has 0 fully saturated rings. The molecule has 0 atom stereocenters. The van der Waals surface area contributed by atoms with Crippen molar-refractivity contribution in [2.24, 2.45) is 0 Å². The van der Waals surface area contributed by atoms with E-state index in [2.05, 4.69) is 47.5 Å². The van der Waals surface area contributed by atoms with Crippen molar-refractivity contribution in [1.82, 2.24) is 15.6 Å². The number of halogens is 4. The van der Waals surface area contributed by atoms with Crippen molar-refractivity contribution in [2.45, 2.75) is 38.8 Å². The number of carbonyl (C=O) groups excluding carboxylic acids is 1. The molecule has 1 aromatic rings. The van der Waals surface area contributed by atoms with Crippen LogP contribution in [0.2, 0.25) is 0 Å². The Morgan fingerprint density at radius 1 is 1.30 bits per heavy atom. The van der Waals surface area contributed by atoms with Crippen LogP contribution in [0, 0.1) is 0 Å². The van der Waals surface area contributed by atoms with Gasteiger partial charge < -0.3 is 15.4 Å². The smallest absolute Gasteiger partial charge is 0.407 e. The lowest BCUT2D eigenvalue weighted by Gasteiger charge is -2.22. The molecule has 130 valence electrons. The first kappa shape index (κ1) is 20.2. The van der Waals surface area contributed by atoms with E-state index in [1.54, 1.807) is 33.0 Å². The quantitative estimate of drug-likeness (QED) is 0.679. The van der Waals surface area contributed by atoms with Gasteiger partial charge in [0.25, 0.3) is 5.92 Å². The molecular formula is C14H19Br2F2N3O2. The summed E-state index contributed by atoms with van der Waals surface area (Å²) in [5, 5.41) is 4.69. The summed E-state index contributed by atoms with van der Waals surface area (Å²) in [6.07, 6.45) is 0.721. The molecule has 5 nitrogen and oxygen atoms in total. The average Bonchev–Trinajstić information content (AvgIpc) is 2.37. The predicted octanol–water partition coefficient (Wildman–Crippen LogP) is 3.86. The number of alkyl carbamates (subject to hydrolysis) is 1. The summed E-state index contributed by atoms with van der Waals surface area (Å²) in [7, 11) is 0. The summed E-state index contributed by atoms with van der Waals surface area (Å²) in [6, 6.07) is 1.78. The van der Waals surface area contributed by atoms with Gasteiger partial charge in [-0.25, -0.2) is 13.6 Å². The zero-order valence-electron chi connectivity index (χ0n) is 13.1. The second-order valence-corrected chi connectivity index (χ2v) is 7.67. The lowest BCUT2D eigenvalue weighted by Crippen LogP contribution is -2.44. The van der Waals surface area contributed by atoms with Crippen LogP contribution >= 0.6 is 31.9 Å². The Labute approximate surface area is 150 Å². The first-order chi connectivity index (χ1) is 10.5. The van der Waals surface area contributed by atoms with Crippen LogP contribution < -0.4 is 10.6 Å². The molecule has 0 aliphatic carbocycles. The Morgan fingerprint density at radius 2 is 1.96 bits per heavy atom. The van der Waals surface area contributed by atoms with Gasteiger partial charge in [0.1, 0.15) is 5.60 Å². The number of amides is 1. The van der Waals surface area contributed by atoms with Crippen LogP contribution in [0.15, 0.2) is 21.2 Å². The summed E-state index contributed by atoms with van der Waals surface area (Å²) >= 11 is 6.58. The van der Waals surface area contributed by atoms with E-state index in [0.717, 1.165) is 8.95 Å². The second kappa shape index (κ2) is 8.34. The highest BCUT2D eigenvalue weighted by Gasteiger charge is 2.30. The molecular weight excluding hydrogens is 440 g/mol. The van der Waals surface area contributed by atoms with Crippen molar-refractivity contribution in [1.29, 1.82) is 0 Å². The van der Waals surface area contributed by atoms with Crippen LogP contribution in [-0.2, 0) is 11.3 Å². The largest absolute Gasteiger partial charge is 0.444 e. The van der Waals surface area contributed by atoms with Crippen molar-refractivity contribution >= 4 is 38.0 Å². The maximum absolute atomic E-state index is 13.7. The number of aromatic nitrogens is 1. The molecule has 1 aromatic heterocycles. The molecule has 1 heterocycles. The molecule has 23 heavy (non-hydrogen) atoms. The number of rotatable bonds is 6. The van der Waals surface area contributed by atoms with Crippen LogP contribution in [0.25, 0.3) is 0 Å². The fourth-order valence-electron chi connectivity index (χ4n) is 1.51. The normalized spacial score (nSPS) is 12.1. The van der Waals surface area contributed by atoms with E-state index in [0.29, 0.717) is 5.69 Å². The Kier molecular flexibility index (Phi) is 7.34. The minimum Gasteiger partial charge on any atom is -0.444 e.